The maximum Gasteiger partial charge on any atom is 0.126 e. The van der Waals surface area contributed by atoms with Crippen LogP contribution < -0.4 is 0 Å². The molecule has 0 atom stereocenters. The lowest BCUT2D eigenvalue weighted by Gasteiger charge is -2.08. The molecular weight excluding hydrogens is 170 g/mol. The van der Waals surface area contributed by atoms with Gasteiger partial charge in [0.05, 0.1) is 0 Å². The molecule has 0 N–H and O–H groups in total. The lowest BCUT2D eigenvalue weighted by atomic mass is 9.98. The third-order valence-corrected chi connectivity index (χ3v) is 2.71. The van der Waals surface area contributed by atoms with Crippen molar-refractivity contribution in [2.24, 2.45) is 0 Å². The van der Waals surface area contributed by atoms with Crippen LogP contribution >= 0.6 is 0 Å². The molecule has 1 aliphatic carbocycles. The van der Waals surface area contributed by atoms with Gasteiger partial charge in [-0.2, -0.15) is 0 Å². The van der Waals surface area contributed by atoms with Crippen molar-refractivity contribution < 1.29 is 8.78 Å². The second kappa shape index (κ2) is 3.44. The fraction of sp³-hybridized carbons (Fsp3) is 0.455. The predicted molar refractivity (Wildman–Crippen MR) is 47.6 cm³/mol. The molecule has 0 aromatic heterocycles. The highest BCUT2D eigenvalue weighted by atomic mass is 19.1. The van der Waals surface area contributed by atoms with E-state index in [0.29, 0.717) is 5.92 Å². The zero-order valence-electron chi connectivity index (χ0n) is 7.39. The summed E-state index contributed by atoms with van der Waals surface area (Å²) in [6.07, 6.45) is 4.51. The van der Waals surface area contributed by atoms with E-state index in [2.05, 4.69) is 0 Å². The summed E-state index contributed by atoms with van der Waals surface area (Å²) in [5.74, 6) is -0.533. The van der Waals surface area contributed by atoms with E-state index < -0.39 is 11.6 Å². The first-order valence-corrected chi connectivity index (χ1v) is 4.72. The van der Waals surface area contributed by atoms with Crippen molar-refractivity contribution in [2.75, 3.05) is 0 Å². The molecule has 2 heteroatoms. The van der Waals surface area contributed by atoms with Crippen molar-refractivity contribution in [3.8, 4) is 0 Å². The molecule has 0 aliphatic heterocycles. The second-order valence-electron chi connectivity index (χ2n) is 3.68. The summed E-state index contributed by atoms with van der Waals surface area (Å²) in [4.78, 5) is 0. The quantitative estimate of drug-likeness (QED) is 0.622. The van der Waals surface area contributed by atoms with Crippen molar-refractivity contribution in [1.29, 1.82) is 0 Å². The fourth-order valence-corrected chi connectivity index (χ4v) is 2.07. The van der Waals surface area contributed by atoms with Gasteiger partial charge in [0.1, 0.15) is 11.6 Å². The van der Waals surface area contributed by atoms with E-state index in [1.807, 2.05) is 0 Å². The van der Waals surface area contributed by atoms with Gasteiger partial charge in [0.25, 0.3) is 0 Å². The molecule has 0 radical (unpaired) electrons. The van der Waals surface area contributed by atoms with Crippen LogP contribution in [-0.2, 0) is 0 Å². The zero-order valence-corrected chi connectivity index (χ0v) is 7.39. The van der Waals surface area contributed by atoms with Crippen LogP contribution in [0.3, 0.4) is 0 Å². The Kier molecular flexibility index (Phi) is 2.30. The lowest BCUT2D eigenvalue weighted by Crippen LogP contribution is -1.94. The number of benzene rings is 1. The summed E-state index contributed by atoms with van der Waals surface area (Å²) in [6.45, 7) is 0. The van der Waals surface area contributed by atoms with Gasteiger partial charge < -0.3 is 0 Å². The van der Waals surface area contributed by atoms with E-state index in [-0.39, 0.29) is 0 Å². The number of rotatable bonds is 1. The summed E-state index contributed by atoms with van der Waals surface area (Å²) in [5, 5.41) is 0. The third-order valence-electron chi connectivity index (χ3n) is 2.71. The van der Waals surface area contributed by atoms with Crippen LogP contribution in [0, 0.1) is 11.6 Å². The summed E-state index contributed by atoms with van der Waals surface area (Å²) in [6, 6.07) is 3.84. The Morgan fingerprint density at radius 1 is 0.923 bits per heavy atom. The Hall–Kier alpha value is -0.920. The lowest BCUT2D eigenvalue weighted by molar-refractivity contribution is 0.573. The van der Waals surface area contributed by atoms with Crippen LogP contribution in [0.5, 0.6) is 0 Å². The highest BCUT2D eigenvalue weighted by Crippen LogP contribution is 2.34. The normalized spacial score (nSPS) is 18.0. The fourth-order valence-electron chi connectivity index (χ4n) is 2.07. The first kappa shape index (κ1) is 8.67. The summed E-state index contributed by atoms with van der Waals surface area (Å²) in [7, 11) is 0. The van der Waals surface area contributed by atoms with Crippen molar-refractivity contribution >= 4 is 0 Å². The molecule has 0 bridgehead atoms. The maximum atomic E-state index is 12.8. The Labute approximate surface area is 76.6 Å². The topological polar surface area (TPSA) is 0 Å². The molecule has 0 spiro atoms. The molecule has 2 rings (SSSR count). The van der Waals surface area contributed by atoms with Gasteiger partial charge in [-0.05, 0) is 36.5 Å². The summed E-state index contributed by atoms with van der Waals surface area (Å²) < 4.78 is 25.7. The SMILES string of the molecule is Fc1cc(F)cc(C2CCCC2)c1. The number of hydrogen-bond donors (Lipinski definition) is 0. The van der Waals surface area contributed by atoms with Gasteiger partial charge in [0.2, 0.25) is 0 Å². The van der Waals surface area contributed by atoms with Gasteiger partial charge in [0, 0.05) is 6.07 Å². The molecule has 70 valence electrons. The first-order chi connectivity index (χ1) is 6.25. The van der Waals surface area contributed by atoms with Crippen molar-refractivity contribution in [1.82, 2.24) is 0 Å². The molecule has 0 nitrogen and oxygen atoms in total. The summed E-state index contributed by atoms with van der Waals surface area (Å²) >= 11 is 0. The zero-order chi connectivity index (χ0) is 9.26. The molecule has 1 fully saturated rings. The van der Waals surface area contributed by atoms with Crippen LogP contribution in [0.2, 0.25) is 0 Å². The van der Waals surface area contributed by atoms with Gasteiger partial charge in [0.15, 0.2) is 0 Å². The van der Waals surface area contributed by atoms with Gasteiger partial charge in [-0.25, -0.2) is 8.78 Å². The van der Waals surface area contributed by atoms with Gasteiger partial charge >= 0.3 is 0 Å². The van der Waals surface area contributed by atoms with E-state index in [9.17, 15) is 8.78 Å². The first-order valence-electron chi connectivity index (χ1n) is 4.72. The molecule has 1 aromatic rings. The van der Waals surface area contributed by atoms with Gasteiger partial charge in [-0.3, -0.25) is 0 Å². The minimum absolute atomic E-state index is 0.380. The van der Waals surface area contributed by atoms with Crippen LogP contribution in [0.25, 0.3) is 0 Å². The van der Waals surface area contributed by atoms with Crippen molar-refractivity contribution in [3.63, 3.8) is 0 Å². The molecule has 1 aliphatic rings. The highest BCUT2D eigenvalue weighted by molar-refractivity contribution is 5.22. The van der Waals surface area contributed by atoms with E-state index in [4.69, 9.17) is 0 Å². The summed E-state index contributed by atoms with van der Waals surface area (Å²) in [5.41, 5.74) is 0.829. The largest absolute Gasteiger partial charge is 0.207 e. The van der Waals surface area contributed by atoms with E-state index >= 15 is 0 Å². The minimum atomic E-state index is -0.457. The van der Waals surface area contributed by atoms with Crippen LogP contribution in [-0.4, -0.2) is 0 Å². The van der Waals surface area contributed by atoms with Crippen LogP contribution in [0.15, 0.2) is 18.2 Å². The second-order valence-corrected chi connectivity index (χ2v) is 3.68. The average molecular weight is 182 g/mol. The standard InChI is InChI=1S/C11H12F2/c12-10-5-9(6-11(13)7-10)8-3-1-2-4-8/h5-8H,1-4H2. The van der Waals surface area contributed by atoms with E-state index in [0.717, 1.165) is 24.5 Å². The van der Waals surface area contributed by atoms with Crippen molar-refractivity contribution in [2.45, 2.75) is 31.6 Å². The molecule has 1 saturated carbocycles. The molecule has 0 heterocycles. The third kappa shape index (κ3) is 1.87. The van der Waals surface area contributed by atoms with Gasteiger partial charge in [-0.15, -0.1) is 0 Å². The Morgan fingerprint density at radius 2 is 1.46 bits per heavy atom. The van der Waals surface area contributed by atoms with Crippen molar-refractivity contribution in [3.05, 3.63) is 35.4 Å². The van der Waals surface area contributed by atoms with Gasteiger partial charge in [-0.1, -0.05) is 12.8 Å². The maximum absolute atomic E-state index is 12.8. The average Bonchev–Trinajstić information content (AvgIpc) is 2.53. The predicted octanol–water partition coefficient (Wildman–Crippen LogP) is 3.62. The van der Waals surface area contributed by atoms with E-state index in [1.54, 1.807) is 0 Å². The molecule has 1 aromatic carbocycles. The molecule has 0 saturated heterocycles. The van der Waals surface area contributed by atoms with E-state index in [1.165, 1.54) is 25.0 Å². The minimum Gasteiger partial charge on any atom is -0.207 e. The Bertz CT molecular complexity index is 281. The molecule has 0 amide bonds. The molecule has 13 heavy (non-hydrogen) atoms. The number of hydrogen-bond acceptors (Lipinski definition) is 0. The van der Waals surface area contributed by atoms with Crippen LogP contribution in [0.1, 0.15) is 37.2 Å². The Balaban J connectivity index is 2.28. The Morgan fingerprint density at radius 3 is 2.00 bits per heavy atom. The monoisotopic (exact) mass is 182 g/mol. The molecule has 0 unspecified atom stereocenters. The molecular formula is C11H12F2. The number of halogens is 2. The smallest absolute Gasteiger partial charge is 0.126 e. The highest BCUT2D eigenvalue weighted by Gasteiger charge is 2.17. The van der Waals surface area contributed by atoms with Crippen LogP contribution in [0.4, 0.5) is 8.78 Å².